The van der Waals surface area contributed by atoms with Gasteiger partial charge >= 0.3 is 0 Å². The van der Waals surface area contributed by atoms with E-state index in [0.29, 0.717) is 0 Å². The fourth-order valence-electron chi connectivity index (χ4n) is 1.41. The Morgan fingerprint density at radius 2 is 1.29 bits per heavy atom. The van der Waals surface area contributed by atoms with Crippen LogP contribution in [0, 0.1) is 35.2 Å². The second kappa shape index (κ2) is 4.16. The smallest absolute Gasteiger partial charge is 0.200 e. The lowest BCUT2D eigenvalue weighted by molar-refractivity contribution is 0.381. The quantitative estimate of drug-likeness (QED) is 0.405. The Morgan fingerprint density at radius 1 is 0.765 bits per heavy atom. The third-order valence-corrected chi connectivity index (χ3v) is 2.21. The van der Waals surface area contributed by atoms with Crippen LogP contribution in [-0.2, 0) is 0 Å². The number of hydrogen-bond donors (Lipinski definition) is 0. The van der Waals surface area contributed by atoms with Gasteiger partial charge in [-0.15, -0.1) is 0 Å². The van der Waals surface area contributed by atoms with E-state index in [4.69, 9.17) is 0 Å². The minimum Gasteiger partial charge on any atom is -0.203 e. The maximum absolute atomic E-state index is 13.4. The first-order valence-electron chi connectivity index (χ1n) is 4.52. The van der Waals surface area contributed by atoms with E-state index in [1.165, 1.54) is 18.2 Å². The number of hydrogen-bond acceptors (Lipinski definition) is 0. The summed E-state index contributed by atoms with van der Waals surface area (Å²) in [5.74, 6) is -9.77. The summed E-state index contributed by atoms with van der Waals surface area (Å²) in [6.45, 7) is 0. The van der Waals surface area contributed by atoms with Crippen LogP contribution < -0.4 is 0 Å². The Hall–Kier alpha value is -1.91. The normalized spacial score (nSPS) is 10.6. The molecule has 1 radical (unpaired) electrons. The summed E-state index contributed by atoms with van der Waals surface area (Å²) in [5.41, 5.74) is -1.07. The zero-order valence-corrected chi connectivity index (χ0v) is 8.20. The van der Waals surface area contributed by atoms with Gasteiger partial charge in [-0.3, -0.25) is 0 Å². The first kappa shape index (κ1) is 11.6. The van der Waals surface area contributed by atoms with Crippen LogP contribution >= 0.6 is 0 Å². The first-order chi connectivity index (χ1) is 8.04. The van der Waals surface area contributed by atoms with Crippen molar-refractivity contribution in [3.63, 3.8) is 0 Å². The van der Waals surface area contributed by atoms with Crippen molar-refractivity contribution >= 4 is 0 Å². The van der Waals surface area contributed by atoms with Crippen molar-refractivity contribution < 1.29 is 22.0 Å². The van der Waals surface area contributed by atoms with Gasteiger partial charge in [0.05, 0.1) is 5.56 Å². The third kappa shape index (κ3) is 1.77. The highest BCUT2D eigenvalue weighted by Crippen LogP contribution is 2.30. The van der Waals surface area contributed by atoms with Crippen LogP contribution in [0.1, 0.15) is 0 Å². The van der Waals surface area contributed by atoms with E-state index >= 15 is 0 Å². The van der Waals surface area contributed by atoms with Gasteiger partial charge in [-0.05, 0) is 17.7 Å². The first-order valence-corrected chi connectivity index (χ1v) is 4.52. The Morgan fingerprint density at radius 3 is 1.76 bits per heavy atom. The monoisotopic (exact) mass is 243 g/mol. The summed E-state index contributed by atoms with van der Waals surface area (Å²) in [6.07, 6.45) is 0. The van der Waals surface area contributed by atoms with E-state index in [1.54, 1.807) is 0 Å². The molecular weight excluding hydrogens is 239 g/mol. The molecule has 0 unspecified atom stereocenters. The fourth-order valence-corrected chi connectivity index (χ4v) is 1.41. The van der Waals surface area contributed by atoms with Crippen molar-refractivity contribution in [2.45, 2.75) is 0 Å². The van der Waals surface area contributed by atoms with E-state index in [-0.39, 0.29) is 5.56 Å². The van der Waals surface area contributed by atoms with Crippen molar-refractivity contribution in [3.05, 3.63) is 59.4 Å². The van der Waals surface area contributed by atoms with Crippen LogP contribution in [0.4, 0.5) is 22.0 Å². The molecule has 0 bridgehead atoms. The zero-order chi connectivity index (χ0) is 12.6. The molecule has 0 heterocycles. The molecule has 0 N–H and O–H groups in total. The predicted octanol–water partition coefficient (Wildman–Crippen LogP) is 3.85. The maximum atomic E-state index is 13.4. The molecular formula is C12H4F5. The van der Waals surface area contributed by atoms with Crippen LogP contribution in [0.25, 0.3) is 11.1 Å². The summed E-state index contributed by atoms with van der Waals surface area (Å²) in [4.78, 5) is 0. The molecule has 0 nitrogen and oxygen atoms in total. The minimum atomic E-state index is -2.16. The molecule has 2 aromatic rings. The second-order valence-corrected chi connectivity index (χ2v) is 3.24. The summed E-state index contributed by atoms with van der Waals surface area (Å²) in [6, 6.07) is 7.69. The molecule has 0 aromatic heterocycles. The molecule has 0 saturated heterocycles. The second-order valence-electron chi connectivity index (χ2n) is 3.24. The van der Waals surface area contributed by atoms with Crippen LogP contribution in [0.5, 0.6) is 0 Å². The Bertz CT molecular complexity index is 534. The molecule has 2 aromatic carbocycles. The highest BCUT2D eigenvalue weighted by Gasteiger charge is 2.26. The molecule has 17 heavy (non-hydrogen) atoms. The molecule has 0 amide bonds. The molecule has 5 heteroatoms. The van der Waals surface area contributed by atoms with Crippen molar-refractivity contribution in [2.75, 3.05) is 0 Å². The van der Waals surface area contributed by atoms with E-state index in [1.807, 2.05) is 0 Å². The molecule has 0 saturated carbocycles. The third-order valence-electron chi connectivity index (χ3n) is 2.21. The van der Waals surface area contributed by atoms with Crippen molar-refractivity contribution in [1.82, 2.24) is 0 Å². The standard InChI is InChI=1S/C12H4F5/c13-8-7(6-4-2-1-3-5-6)9(14)11(16)12(17)10(8)15/h1-2,4-5H. The Labute approximate surface area is 93.3 Å². The van der Waals surface area contributed by atoms with Crippen molar-refractivity contribution in [3.8, 4) is 11.1 Å². The van der Waals surface area contributed by atoms with Gasteiger partial charge in [-0.1, -0.05) is 18.2 Å². The van der Waals surface area contributed by atoms with Gasteiger partial charge in [0, 0.05) is 0 Å². The lowest BCUT2D eigenvalue weighted by Gasteiger charge is -2.07. The Balaban J connectivity index is 2.80. The minimum absolute atomic E-state index is 0.125. The molecule has 0 spiro atoms. The molecule has 0 fully saturated rings. The number of rotatable bonds is 1. The average molecular weight is 243 g/mol. The molecule has 0 aliphatic carbocycles. The van der Waals surface area contributed by atoms with E-state index < -0.39 is 34.6 Å². The molecule has 0 aliphatic rings. The average Bonchev–Trinajstić information content (AvgIpc) is 2.36. The van der Waals surface area contributed by atoms with Gasteiger partial charge in [0.15, 0.2) is 23.3 Å². The lowest BCUT2D eigenvalue weighted by atomic mass is 10.0. The molecule has 2 rings (SSSR count). The lowest BCUT2D eigenvalue weighted by Crippen LogP contribution is -2.03. The summed E-state index contributed by atoms with van der Waals surface area (Å²) in [5, 5.41) is 0. The zero-order valence-electron chi connectivity index (χ0n) is 8.20. The predicted molar refractivity (Wildman–Crippen MR) is 50.5 cm³/mol. The van der Waals surface area contributed by atoms with E-state index in [0.717, 1.165) is 6.07 Å². The van der Waals surface area contributed by atoms with Gasteiger partial charge in [-0.25, -0.2) is 22.0 Å². The van der Waals surface area contributed by atoms with Crippen molar-refractivity contribution in [2.24, 2.45) is 0 Å². The fraction of sp³-hybridized carbons (Fsp3) is 0. The van der Waals surface area contributed by atoms with Gasteiger partial charge < -0.3 is 0 Å². The number of benzene rings is 2. The van der Waals surface area contributed by atoms with Gasteiger partial charge in [0.25, 0.3) is 0 Å². The molecule has 0 aliphatic heterocycles. The van der Waals surface area contributed by atoms with Crippen LogP contribution in [0.15, 0.2) is 24.3 Å². The van der Waals surface area contributed by atoms with E-state index in [9.17, 15) is 22.0 Å². The maximum Gasteiger partial charge on any atom is 0.200 e. The van der Waals surface area contributed by atoms with Gasteiger partial charge in [0.1, 0.15) is 0 Å². The topological polar surface area (TPSA) is 0 Å². The Kier molecular flexibility index (Phi) is 2.83. The SMILES string of the molecule is Fc1c(F)c(F)c(-c2c[c]ccc2)c(F)c1F. The van der Waals surface area contributed by atoms with Gasteiger partial charge in [0.2, 0.25) is 5.82 Å². The van der Waals surface area contributed by atoms with Crippen LogP contribution in [0.2, 0.25) is 0 Å². The number of halogens is 5. The molecule has 87 valence electrons. The highest BCUT2D eigenvalue weighted by molar-refractivity contribution is 5.65. The van der Waals surface area contributed by atoms with E-state index in [2.05, 4.69) is 6.07 Å². The summed E-state index contributed by atoms with van der Waals surface area (Å²) >= 11 is 0. The largest absolute Gasteiger partial charge is 0.203 e. The summed E-state index contributed by atoms with van der Waals surface area (Å²) < 4.78 is 65.3. The van der Waals surface area contributed by atoms with Crippen LogP contribution in [0.3, 0.4) is 0 Å². The molecule has 0 atom stereocenters. The highest BCUT2D eigenvalue weighted by atomic mass is 19.2. The van der Waals surface area contributed by atoms with Crippen LogP contribution in [-0.4, -0.2) is 0 Å². The van der Waals surface area contributed by atoms with Crippen molar-refractivity contribution in [1.29, 1.82) is 0 Å². The van der Waals surface area contributed by atoms with Gasteiger partial charge in [-0.2, -0.15) is 0 Å². The summed E-state index contributed by atoms with van der Waals surface area (Å²) in [7, 11) is 0.